The third kappa shape index (κ3) is 6.30. The summed E-state index contributed by atoms with van der Waals surface area (Å²) in [6.45, 7) is 3.82. The van der Waals surface area contributed by atoms with Crippen LogP contribution in [0.3, 0.4) is 0 Å². The van der Waals surface area contributed by atoms with Crippen molar-refractivity contribution in [2.75, 3.05) is 11.9 Å². The van der Waals surface area contributed by atoms with Gasteiger partial charge in [-0.05, 0) is 74.2 Å². The third-order valence-corrected chi connectivity index (χ3v) is 6.48. The Morgan fingerprint density at radius 2 is 1.62 bits per heavy atom. The molecule has 1 aliphatic carbocycles. The molecule has 0 aromatic heterocycles. The molecule has 2 N–H and O–H groups in total. The van der Waals surface area contributed by atoms with Crippen LogP contribution in [0.4, 0.5) is 5.69 Å². The van der Waals surface area contributed by atoms with E-state index in [-0.39, 0.29) is 23.5 Å². The van der Waals surface area contributed by atoms with Crippen molar-refractivity contribution < 1.29 is 17.9 Å². The molecule has 2 aromatic rings. The van der Waals surface area contributed by atoms with Crippen LogP contribution >= 0.6 is 0 Å². The number of sulfonamides is 1. The molecule has 6 nitrogen and oxygen atoms in total. The molecule has 1 fully saturated rings. The van der Waals surface area contributed by atoms with Crippen molar-refractivity contribution in [2.24, 2.45) is 0 Å². The Bertz CT molecular complexity index is 929. The molecule has 0 heterocycles. The molecule has 0 unspecified atom stereocenters. The molecule has 1 saturated carbocycles. The fourth-order valence-corrected chi connectivity index (χ4v) is 4.89. The van der Waals surface area contributed by atoms with Crippen molar-refractivity contribution in [1.82, 2.24) is 4.72 Å². The minimum atomic E-state index is -3.55. The third-order valence-electron chi connectivity index (χ3n) is 4.94. The Morgan fingerprint density at radius 3 is 2.24 bits per heavy atom. The predicted molar refractivity (Wildman–Crippen MR) is 114 cm³/mol. The number of anilines is 1. The number of rotatable bonds is 7. The standard InChI is InChI=1S/C22H28N2O4S/c1-16-12-17(2)14-20(13-16)28-15-22(25)23-18-8-10-21(11-9-18)29(26,27)24-19-6-4-3-5-7-19/h8-14,19,24H,3-7,15H2,1-2H3,(H,23,25). The molecule has 0 aliphatic heterocycles. The van der Waals surface area contributed by atoms with Crippen LogP contribution in [0.15, 0.2) is 47.4 Å². The van der Waals surface area contributed by atoms with Crippen LogP contribution < -0.4 is 14.8 Å². The van der Waals surface area contributed by atoms with E-state index in [0.29, 0.717) is 11.4 Å². The van der Waals surface area contributed by atoms with Crippen molar-refractivity contribution >= 4 is 21.6 Å². The number of hydrogen-bond donors (Lipinski definition) is 2. The Morgan fingerprint density at radius 1 is 1.00 bits per heavy atom. The van der Waals surface area contributed by atoms with Gasteiger partial charge in [0.2, 0.25) is 10.0 Å². The Balaban J connectivity index is 1.54. The van der Waals surface area contributed by atoms with Crippen LogP contribution in [0.5, 0.6) is 5.75 Å². The van der Waals surface area contributed by atoms with Gasteiger partial charge in [-0.15, -0.1) is 0 Å². The second-order valence-corrected chi connectivity index (χ2v) is 9.35. The van der Waals surface area contributed by atoms with E-state index in [9.17, 15) is 13.2 Å². The van der Waals surface area contributed by atoms with Gasteiger partial charge in [0.05, 0.1) is 4.90 Å². The molecule has 2 aromatic carbocycles. The molecule has 3 rings (SSSR count). The summed E-state index contributed by atoms with van der Waals surface area (Å²) in [7, 11) is -3.55. The number of amides is 1. The van der Waals surface area contributed by atoms with Crippen molar-refractivity contribution in [3.05, 3.63) is 53.6 Å². The number of ether oxygens (including phenoxy) is 1. The zero-order valence-electron chi connectivity index (χ0n) is 16.9. The van der Waals surface area contributed by atoms with E-state index in [4.69, 9.17) is 4.74 Å². The van der Waals surface area contributed by atoms with E-state index >= 15 is 0 Å². The van der Waals surface area contributed by atoms with Crippen molar-refractivity contribution in [3.63, 3.8) is 0 Å². The number of nitrogens with one attached hydrogen (secondary N) is 2. The summed E-state index contributed by atoms with van der Waals surface area (Å²) >= 11 is 0. The van der Waals surface area contributed by atoms with E-state index in [1.54, 1.807) is 12.1 Å². The molecule has 0 saturated heterocycles. The number of benzene rings is 2. The first-order valence-corrected chi connectivity index (χ1v) is 11.4. The molecule has 1 aliphatic rings. The fourth-order valence-electron chi connectivity index (χ4n) is 3.59. The lowest BCUT2D eigenvalue weighted by atomic mass is 9.96. The summed E-state index contributed by atoms with van der Waals surface area (Å²) in [6, 6.07) is 12.0. The topological polar surface area (TPSA) is 84.5 Å². The maximum absolute atomic E-state index is 12.5. The zero-order chi connectivity index (χ0) is 20.9. The highest BCUT2D eigenvalue weighted by atomic mass is 32.2. The van der Waals surface area contributed by atoms with Crippen LogP contribution in [0.25, 0.3) is 0 Å². The van der Waals surface area contributed by atoms with E-state index in [0.717, 1.165) is 36.8 Å². The molecular weight excluding hydrogens is 388 g/mol. The lowest BCUT2D eigenvalue weighted by molar-refractivity contribution is -0.118. The second kappa shape index (κ2) is 9.41. The van der Waals surface area contributed by atoms with Crippen molar-refractivity contribution in [3.8, 4) is 5.75 Å². The minimum Gasteiger partial charge on any atom is -0.484 e. The van der Waals surface area contributed by atoms with Gasteiger partial charge >= 0.3 is 0 Å². The van der Waals surface area contributed by atoms with Crippen LogP contribution in [0.2, 0.25) is 0 Å². The maximum Gasteiger partial charge on any atom is 0.262 e. The van der Waals surface area contributed by atoms with Gasteiger partial charge in [0, 0.05) is 11.7 Å². The van der Waals surface area contributed by atoms with Crippen LogP contribution in [0.1, 0.15) is 43.2 Å². The van der Waals surface area contributed by atoms with E-state index in [2.05, 4.69) is 10.0 Å². The molecular formula is C22H28N2O4S. The number of carbonyl (C=O) groups excluding carboxylic acids is 1. The highest BCUT2D eigenvalue weighted by Gasteiger charge is 2.21. The fraction of sp³-hybridized carbons (Fsp3) is 0.409. The molecule has 1 amide bonds. The zero-order valence-corrected chi connectivity index (χ0v) is 17.7. The lowest BCUT2D eigenvalue weighted by Gasteiger charge is -2.22. The summed E-state index contributed by atoms with van der Waals surface area (Å²) in [5.74, 6) is 0.341. The van der Waals surface area contributed by atoms with Crippen molar-refractivity contribution in [2.45, 2.75) is 56.9 Å². The smallest absolute Gasteiger partial charge is 0.262 e. The summed E-state index contributed by atoms with van der Waals surface area (Å²) in [4.78, 5) is 12.3. The summed E-state index contributed by atoms with van der Waals surface area (Å²) in [5, 5.41) is 2.72. The molecule has 0 spiro atoms. The van der Waals surface area contributed by atoms with Gasteiger partial charge in [-0.2, -0.15) is 0 Å². The van der Waals surface area contributed by atoms with E-state index in [1.807, 2.05) is 32.0 Å². The number of aryl methyl sites for hydroxylation is 2. The Labute approximate surface area is 172 Å². The lowest BCUT2D eigenvalue weighted by Crippen LogP contribution is -2.36. The molecule has 0 radical (unpaired) electrons. The van der Waals surface area contributed by atoms with Gasteiger partial charge in [-0.25, -0.2) is 13.1 Å². The van der Waals surface area contributed by atoms with Gasteiger partial charge in [-0.3, -0.25) is 4.79 Å². The summed E-state index contributed by atoms with van der Waals surface area (Å²) in [6.07, 6.45) is 5.05. The van der Waals surface area contributed by atoms with Crippen molar-refractivity contribution in [1.29, 1.82) is 0 Å². The first-order valence-electron chi connectivity index (χ1n) is 9.95. The quantitative estimate of drug-likeness (QED) is 0.716. The Kier molecular flexibility index (Phi) is 6.92. The maximum atomic E-state index is 12.5. The van der Waals surface area contributed by atoms with Crippen LogP contribution in [0, 0.1) is 13.8 Å². The normalized spacial score (nSPS) is 15.1. The van der Waals surface area contributed by atoms with Crippen LogP contribution in [-0.4, -0.2) is 27.0 Å². The average Bonchev–Trinajstić information content (AvgIpc) is 2.66. The molecule has 0 atom stereocenters. The molecule has 7 heteroatoms. The molecule has 29 heavy (non-hydrogen) atoms. The molecule has 156 valence electrons. The minimum absolute atomic E-state index is 0.00976. The summed E-state index contributed by atoms with van der Waals surface area (Å²) < 4.78 is 33.4. The van der Waals surface area contributed by atoms with Gasteiger partial charge < -0.3 is 10.1 Å². The second-order valence-electron chi connectivity index (χ2n) is 7.64. The predicted octanol–water partition coefficient (Wildman–Crippen LogP) is 3.93. The average molecular weight is 417 g/mol. The monoisotopic (exact) mass is 416 g/mol. The van der Waals surface area contributed by atoms with Crippen LogP contribution in [-0.2, 0) is 14.8 Å². The first-order chi connectivity index (χ1) is 13.8. The van der Waals surface area contributed by atoms with Gasteiger partial charge in [0.15, 0.2) is 6.61 Å². The SMILES string of the molecule is Cc1cc(C)cc(OCC(=O)Nc2ccc(S(=O)(=O)NC3CCCCC3)cc2)c1. The molecule has 0 bridgehead atoms. The Hall–Kier alpha value is -2.38. The van der Waals surface area contributed by atoms with Gasteiger partial charge in [0.25, 0.3) is 5.91 Å². The first kappa shape index (κ1) is 21.3. The number of hydrogen-bond acceptors (Lipinski definition) is 4. The highest BCUT2D eigenvalue weighted by molar-refractivity contribution is 7.89. The highest BCUT2D eigenvalue weighted by Crippen LogP contribution is 2.21. The van der Waals surface area contributed by atoms with Gasteiger partial charge in [0.1, 0.15) is 5.75 Å². The van der Waals surface area contributed by atoms with Gasteiger partial charge in [-0.1, -0.05) is 25.3 Å². The van der Waals surface area contributed by atoms with E-state index in [1.165, 1.54) is 18.6 Å². The number of carbonyl (C=O) groups is 1. The van der Waals surface area contributed by atoms with E-state index < -0.39 is 10.0 Å². The largest absolute Gasteiger partial charge is 0.484 e. The summed E-state index contributed by atoms with van der Waals surface area (Å²) in [5.41, 5.74) is 2.66.